The van der Waals surface area contributed by atoms with Crippen molar-refractivity contribution in [3.8, 4) is 11.5 Å². The summed E-state index contributed by atoms with van der Waals surface area (Å²) in [6.07, 6.45) is 5.95. The summed E-state index contributed by atoms with van der Waals surface area (Å²) in [5.74, 6) is 0.309. The molecule has 34 heavy (non-hydrogen) atoms. The second-order valence-corrected chi connectivity index (χ2v) is 8.03. The molecule has 1 aromatic carbocycles. The normalized spacial score (nSPS) is 18.2. The molecule has 180 valence electrons. The van der Waals surface area contributed by atoms with Gasteiger partial charge in [-0.1, -0.05) is 12.8 Å². The number of hydrogen-bond donors (Lipinski definition) is 1. The van der Waals surface area contributed by atoms with E-state index in [1.54, 1.807) is 31.2 Å². The van der Waals surface area contributed by atoms with Crippen LogP contribution in [0.25, 0.3) is 6.08 Å². The molecule has 0 aliphatic carbocycles. The summed E-state index contributed by atoms with van der Waals surface area (Å²) in [5.41, 5.74) is -0.0148. The maximum absolute atomic E-state index is 13.4. The van der Waals surface area contributed by atoms with Gasteiger partial charge < -0.3 is 18.8 Å². The molecule has 0 unspecified atom stereocenters. The molecular weight excluding hydrogens is 438 g/mol. The fourth-order valence-corrected chi connectivity index (χ4v) is 4.11. The third-order valence-corrected chi connectivity index (χ3v) is 5.70. The summed E-state index contributed by atoms with van der Waals surface area (Å²) in [6.45, 7) is 6.18. The molecule has 0 saturated carbocycles. The summed E-state index contributed by atoms with van der Waals surface area (Å²) in [7, 11) is 0. The zero-order valence-electron chi connectivity index (χ0n) is 19.5. The number of nitrogens with one attached hydrogen (secondary N) is 1. The van der Waals surface area contributed by atoms with Gasteiger partial charge in [0.15, 0.2) is 5.88 Å². The number of anilines is 2. The molecular formula is C25H29N3O6. The monoisotopic (exact) mass is 467 g/mol. The molecule has 2 aliphatic heterocycles. The third kappa shape index (κ3) is 4.93. The molecule has 0 spiro atoms. The zero-order chi connectivity index (χ0) is 24.1. The van der Waals surface area contributed by atoms with E-state index in [-0.39, 0.29) is 11.3 Å². The van der Waals surface area contributed by atoms with Crippen molar-refractivity contribution >= 4 is 35.5 Å². The van der Waals surface area contributed by atoms with Crippen LogP contribution in [0.5, 0.6) is 11.5 Å². The topological polar surface area (TPSA) is 101 Å². The summed E-state index contributed by atoms with van der Waals surface area (Å²) in [6, 6.07) is 7.57. The molecule has 1 N–H and O–H groups in total. The maximum Gasteiger partial charge on any atom is 0.336 e. The van der Waals surface area contributed by atoms with Crippen molar-refractivity contribution in [2.75, 3.05) is 36.1 Å². The smallest absolute Gasteiger partial charge is 0.336 e. The fraction of sp³-hybridized carbons (Fsp3) is 0.400. The minimum atomic E-state index is -0.855. The second kappa shape index (κ2) is 10.5. The summed E-state index contributed by atoms with van der Waals surface area (Å²) in [4.78, 5) is 41.7. The van der Waals surface area contributed by atoms with E-state index < -0.39 is 17.8 Å². The van der Waals surface area contributed by atoms with Gasteiger partial charge in [-0.2, -0.15) is 0 Å². The Morgan fingerprint density at radius 2 is 1.71 bits per heavy atom. The Hall–Kier alpha value is -3.75. The predicted molar refractivity (Wildman–Crippen MR) is 127 cm³/mol. The first-order valence-electron chi connectivity index (χ1n) is 11.7. The number of benzene rings is 1. The van der Waals surface area contributed by atoms with Crippen LogP contribution in [0.3, 0.4) is 0 Å². The second-order valence-electron chi connectivity index (χ2n) is 8.03. The summed E-state index contributed by atoms with van der Waals surface area (Å²) < 4.78 is 17.1. The highest BCUT2D eigenvalue weighted by atomic mass is 16.5. The predicted octanol–water partition coefficient (Wildman–Crippen LogP) is 4.12. The van der Waals surface area contributed by atoms with Gasteiger partial charge in [-0.15, -0.1) is 0 Å². The minimum Gasteiger partial charge on any atom is -0.494 e. The number of carbonyl (C=O) groups excluding carboxylic acids is 3. The van der Waals surface area contributed by atoms with Crippen LogP contribution >= 0.6 is 0 Å². The van der Waals surface area contributed by atoms with E-state index in [4.69, 9.17) is 13.9 Å². The number of barbiturate groups is 1. The Bertz CT molecular complexity index is 1100. The lowest BCUT2D eigenvalue weighted by Gasteiger charge is -2.28. The number of nitrogens with zero attached hydrogens (tertiary/aromatic N) is 2. The highest BCUT2D eigenvalue weighted by Gasteiger charge is 2.38. The number of rotatable bonds is 7. The molecule has 2 saturated heterocycles. The number of imide groups is 2. The molecule has 3 heterocycles. The third-order valence-electron chi connectivity index (χ3n) is 5.70. The van der Waals surface area contributed by atoms with Crippen molar-refractivity contribution in [3.63, 3.8) is 0 Å². The molecule has 1 aromatic heterocycles. The van der Waals surface area contributed by atoms with Crippen molar-refractivity contribution in [1.82, 2.24) is 5.32 Å². The molecule has 4 amide bonds. The number of ether oxygens (including phenoxy) is 2. The highest BCUT2D eigenvalue weighted by molar-refractivity contribution is 6.39. The van der Waals surface area contributed by atoms with Crippen LogP contribution in [0.4, 0.5) is 16.4 Å². The Morgan fingerprint density at radius 3 is 2.41 bits per heavy atom. The fourth-order valence-electron chi connectivity index (χ4n) is 4.11. The van der Waals surface area contributed by atoms with Crippen LogP contribution in [0.15, 0.2) is 40.3 Å². The van der Waals surface area contributed by atoms with Gasteiger partial charge in [-0.3, -0.25) is 14.9 Å². The van der Waals surface area contributed by atoms with Gasteiger partial charge in [0.25, 0.3) is 11.8 Å². The van der Waals surface area contributed by atoms with Crippen LogP contribution < -0.4 is 24.6 Å². The van der Waals surface area contributed by atoms with Gasteiger partial charge >= 0.3 is 6.03 Å². The van der Waals surface area contributed by atoms with Gasteiger partial charge in [-0.25, -0.2) is 9.69 Å². The molecule has 4 rings (SSSR count). The van der Waals surface area contributed by atoms with Crippen molar-refractivity contribution < 1.29 is 28.3 Å². The van der Waals surface area contributed by atoms with Crippen LogP contribution in [-0.4, -0.2) is 44.1 Å². The standard InChI is InChI=1S/C25H29N3O6/c1-3-32-17-9-11-21(33-4-2)20(16-17)28-24(30)19(23(29)26-25(28)31)15-18-10-12-22(34-18)27-13-7-5-6-8-14-27/h9-12,15-16H,3-8,13-14H2,1-2H3,(H,26,29,31)/b19-15+. The number of hydrogen-bond acceptors (Lipinski definition) is 7. The molecule has 0 radical (unpaired) electrons. The van der Waals surface area contributed by atoms with Crippen molar-refractivity contribution in [2.45, 2.75) is 39.5 Å². The van der Waals surface area contributed by atoms with Crippen LogP contribution in [0, 0.1) is 0 Å². The van der Waals surface area contributed by atoms with Crippen molar-refractivity contribution in [1.29, 1.82) is 0 Å². The first kappa shape index (κ1) is 23.4. The lowest BCUT2D eigenvalue weighted by molar-refractivity contribution is -0.122. The minimum absolute atomic E-state index is 0.193. The van der Waals surface area contributed by atoms with E-state index >= 15 is 0 Å². The highest BCUT2D eigenvalue weighted by Crippen LogP contribution is 2.35. The van der Waals surface area contributed by atoms with E-state index in [9.17, 15) is 14.4 Å². The SMILES string of the molecule is CCOc1ccc(OCC)c(N2C(=O)NC(=O)/C(=C\c3ccc(N4CCCCCC4)o3)C2=O)c1. The molecule has 9 heteroatoms. The van der Waals surface area contributed by atoms with E-state index in [0.29, 0.717) is 36.4 Å². The number of carbonyl (C=O) groups is 3. The molecule has 0 atom stereocenters. The quantitative estimate of drug-likeness (QED) is 0.483. The van der Waals surface area contributed by atoms with Gasteiger partial charge in [0.1, 0.15) is 22.8 Å². The van der Waals surface area contributed by atoms with Crippen LogP contribution in [0.2, 0.25) is 0 Å². The lowest BCUT2D eigenvalue weighted by atomic mass is 10.1. The zero-order valence-corrected chi connectivity index (χ0v) is 19.5. The molecule has 2 aromatic rings. The molecule has 0 bridgehead atoms. The van der Waals surface area contributed by atoms with E-state index in [0.717, 1.165) is 30.8 Å². The maximum atomic E-state index is 13.4. The van der Waals surface area contributed by atoms with E-state index in [2.05, 4.69) is 10.2 Å². The average molecular weight is 468 g/mol. The lowest BCUT2D eigenvalue weighted by Crippen LogP contribution is -2.54. The number of furan rings is 1. The molecule has 9 nitrogen and oxygen atoms in total. The Balaban J connectivity index is 1.65. The average Bonchev–Trinajstić information content (AvgIpc) is 3.11. The first-order chi connectivity index (χ1) is 16.5. The first-order valence-corrected chi connectivity index (χ1v) is 11.7. The number of urea groups is 1. The van der Waals surface area contributed by atoms with Crippen LogP contribution in [0.1, 0.15) is 45.3 Å². The van der Waals surface area contributed by atoms with Crippen molar-refractivity contribution in [2.24, 2.45) is 0 Å². The Labute approximate surface area is 198 Å². The van der Waals surface area contributed by atoms with Gasteiger partial charge in [0.2, 0.25) is 0 Å². The van der Waals surface area contributed by atoms with Gasteiger partial charge in [0.05, 0.1) is 18.9 Å². The van der Waals surface area contributed by atoms with E-state index in [1.165, 1.54) is 18.9 Å². The summed E-state index contributed by atoms with van der Waals surface area (Å²) in [5, 5.41) is 2.24. The molecule has 2 fully saturated rings. The number of amides is 4. The van der Waals surface area contributed by atoms with E-state index in [1.807, 2.05) is 13.0 Å². The summed E-state index contributed by atoms with van der Waals surface area (Å²) >= 11 is 0. The molecule has 2 aliphatic rings. The Kier molecular flexibility index (Phi) is 7.20. The van der Waals surface area contributed by atoms with Gasteiger partial charge in [0, 0.05) is 25.2 Å². The van der Waals surface area contributed by atoms with Crippen LogP contribution in [-0.2, 0) is 9.59 Å². The van der Waals surface area contributed by atoms with Gasteiger partial charge in [-0.05, 0) is 51.0 Å². The van der Waals surface area contributed by atoms with Crippen molar-refractivity contribution in [3.05, 3.63) is 41.7 Å². The largest absolute Gasteiger partial charge is 0.494 e. The Morgan fingerprint density at radius 1 is 0.971 bits per heavy atom.